The molecule has 0 aliphatic rings. The number of carbonyl (C=O) groups is 1. The molecule has 0 fully saturated rings. The van der Waals surface area contributed by atoms with Crippen molar-refractivity contribution < 1.29 is 19.0 Å². The number of ether oxygens (including phenoxy) is 1. The van der Waals surface area contributed by atoms with Gasteiger partial charge in [0.05, 0.1) is 31.2 Å². The molecule has 10 nitrogen and oxygen atoms in total. The Hall–Kier alpha value is -4.22. The maximum absolute atomic E-state index is 13.5. The number of nitrogens with one attached hydrogen (secondary N) is 1. The number of aromatic nitrogens is 5. The molecule has 0 saturated heterocycles. The van der Waals surface area contributed by atoms with Crippen LogP contribution in [-0.2, 0) is 11.1 Å². The molecule has 1 amide bonds. The Morgan fingerprint density at radius 1 is 1.16 bits per heavy atom. The van der Waals surface area contributed by atoms with Crippen LogP contribution in [0.1, 0.15) is 42.4 Å². The van der Waals surface area contributed by atoms with E-state index in [2.05, 4.69) is 25.4 Å². The van der Waals surface area contributed by atoms with Crippen LogP contribution in [0.5, 0.6) is 5.88 Å². The van der Waals surface area contributed by atoms with Gasteiger partial charge in [-0.3, -0.25) is 4.79 Å². The molecule has 192 valence electrons. The molecule has 1 atom stereocenters. The first-order valence-electron chi connectivity index (χ1n) is 11.5. The highest BCUT2D eigenvalue weighted by Crippen LogP contribution is 2.29. The second-order valence-corrected chi connectivity index (χ2v) is 9.36. The van der Waals surface area contributed by atoms with Gasteiger partial charge in [-0.2, -0.15) is 0 Å². The van der Waals surface area contributed by atoms with Crippen LogP contribution in [0.3, 0.4) is 0 Å². The van der Waals surface area contributed by atoms with E-state index in [9.17, 15) is 14.3 Å². The number of nitrogens with two attached hydrogens (primary N) is 1. The van der Waals surface area contributed by atoms with Gasteiger partial charge in [0.15, 0.2) is 0 Å². The molecule has 0 bridgehead atoms. The molecule has 0 saturated carbocycles. The molecular weight excluding hydrogens is 477 g/mol. The lowest BCUT2D eigenvalue weighted by Crippen LogP contribution is -2.40. The molecule has 11 heteroatoms. The van der Waals surface area contributed by atoms with Crippen molar-refractivity contribution in [1.82, 2.24) is 30.0 Å². The number of amides is 1. The average Bonchev–Trinajstić information content (AvgIpc) is 3.32. The molecular formula is C26H28FN7O3. The molecule has 0 aliphatic heterocycles. The van der Waals surface area contributed by atoms with Crippen molar-refractivity contribution >= 4 is 5.91 Å². The predicted molar refractivity (Wildman–Crippen MR) is 134 cm³/mol. The first-order chi connectivity index (χ1) is 17.5. The summed E-state index contributed by atoms with van der Waals surface area (Å²) in [6, 6.07) is 11.0. The number of hydrogen-bond donors (Lipinski definition) is 3. The van der Waals surface area contributed by atoms with E-state index in [1.165, 1.54) is 37.0 Å². The molecule has 4 rings (SSSR count). The van der Waals surface area contributed by atoms with Gasteiger partial charge < -0.3 is 20.9 Å². The largest absolute Gasteiger partial charge is 0.479 e. The molecule has 0 aliphatic carbocycles. The number of hydrogen-bond acceptors (Lipinski definition) is 8. The van der Waals surface area contributed by atoms with Gasteiger partial charge in [0.1, 0.15) is 17.0 Å². The summed E-state index contributed by atoms with van der Waals surface area (Å²) in [7, 11) is 1.40. The third-order valence-electron chi connectivity index (χ3n) is 5.73. The van der Waals surface area contributed by atoms with Crippen LogP contribution in [0.25, 0.3) is 17.2 Å². The smallest absolute Gasteiger partial charge is 0.258 e. The SMILES string of the molecule is COc1nn(-c2ncccn2)cc1C(=O)NCC(C)(O)c1cc(C(C)(C)N)cc(-c2ccc(F)cc2)n1. The fraction of sp³-hybridized carbons (Fsp3) is 0.269. The van der Waals surface area contributed by atoms with Gasteiger partial charge in [-0.25, -0.2) is 24.0 Å². The van der Waals surface area contributed by atoms with Crippen LogP contribution >= 0.6 is 0 Å². The van der Waals surface area contributed by atoms with Crippen LogP contribution in [-0.4, -0.2) is 49.4 Å². The van der Waals surface area contributed by atoms with Crippen molar-refractivity contribution in [3.8, 4) is 23.1 Å². The van der Waals surface area contributed by atoms with Gasteiger partial charge in [-0.1, -0.05) is 0 Å². The minimum absolute atomic E-state index is 0.0770. The maximum Gasteiger partial charge on any atom is 0.258 e. The highest BCUT2D eigenvalue weighted by molar-refractivity contribution is 5.96. The van der Waals surface area contributed by atoms with Gasteiger partial charge in [0.25, 0.3) is 11.9 Å². The monoisotopic (exact) mass is 505 g/mol. The first kappa shape index (κ1) is 25.9. The van der Waals surface area contributed by atoms with Crippen LogP contribution in [0.15, 0.2) is 61.1 Å². The summed E-state index contributed by atoms with van der Waals surface area (Å²) >= 11 is 0. The Kier molecular flexibility index (Phi) is 7.01. The second kappa shape index (κ2) is 10.0. The number of benzene rings is 1. The van der Waals surface area contributed by atoms with Gasteiger partial charge >= 0.3 is 0 Å². The number of aliphatic hydroxyl groups is 1. The predicted octanol–water partition coefficient (Wildman–Crippen LogP) is 2.70. The topological polar surface area (TPSA) is 141 Å². The number of rotatable bonds is 8. The zero-order valence-electron chi connectivity index (χ0n) is 20.9. The van der Waals surface area contributed by atoms with Gasteiger partial charge in [-0.05, 0) is 68.8 Å². The molecule has 4 N–H and O–H groups in total. The molecule has 1 aromatic carbocycles. The van der Waals surface area contributed by atoms with Crippen molar-refractivity contribution in [3.63, 3.8) is 0 Å². The van der Waals surface area contributed by atoms with Crippen molar-refractivity contribution in [1.29, 1.82) is 0 Å². The first-order valence-corrected chi connectivity index (χ1v) is 11.5. The van der Waals surface area contributed by atoms with E-state index in [-0.39, 0.29) is 29.8 Å². The second-order valence-electron chi connectivity index (χ2n) is 9.36. The van der Waals surface area contributed by atoms with Gasteiger partial charge in [0, 0.05) is 23.5 Å². The van der Waals surface area contributed by atoms with Crippen molar-refractivity contribution in [3.05, 3.63) is 83.7 Å². The Bertz CT molecular complexity index is 1400. The quantitative estimate of drug-likeness (QED) is 0.332. The molecule has 1 unspecified atom stereocenters. The number of pyridine rings is 1. The fourth-order valence-corrected chi connectivity index (χ4v) is 3.56. The molecule has 3 heterocycles. The minimum atomic E-state index is -1.57. The lowest BCUT2D eigenvalue weighted by Gasteiger charge is -2.27. The summed E-state index contributed by atoms with van der Waals surface area (Å²) in [5.74, 6) is -0.543. The third kappa shape index (κ3) is 5.79. The third-order valence-corrected chi connectivity index (χ3v) is 5.73. The molecule has 3 aromatic heterocycles. The van der Waals surface area contributed by atoms with E-state index >= 15 is 0 Å². The van der Waals surface area contributed by atoms with Crippen LogP contribution in [0, 0.1) is 5.82 Å². The van der Waals surface area contributed by atoms with E-state index in [0.29, 0.717) is 22.5 Å². The van der Waals surface area contributed by atoms with Crippen molar-refractivity contribution in [2.75, 3.05) is 13.7 Å². The van der Waals surface area contributed by atoms with E-state index in [0.717, 1.165) is 0 Å². The summed E-state index contributed by atoms with van der Waals surface area (Å²) in [6.45, 7) is 5.02. The number of nitrogens with zero attached hydrogens (tertiary/aromatic N) is 5. The summed E-state index contributed by atoms with van der Waals surface area (Å²) in [4.78, 5) is 25.9. The van der Waals surface area contributed by atoms with Crippen LogP contribution < -0.4 is 15.8 Å². The Morgan fingerprint density at radius 2 is 1.84 bits per heavy atom. The van der Waals surface area contributed by atoms with E-state index in [1.807, 2.05) is 13.8 Å². The fourth-order valence-electron chi connectivity index (χ4n) is 3.56. The molecule has 0 spiro atoms. The highest BCUT2D eigenvalue weighted by atomic mass is 19.1. The Balaban J connectivity index is 1.61. The molecule has 4 aromatic rings. The van der Waals surface area contributed by atoms with E-state index < -0.39 is 17.0 Å². The summed E-state index contributed by atoms with van der Waals surface area (Å²) in [5.41, 5.74) is 6.36. The summed E-state index contributed by atoms with van der Waals surface area (Å²) < 4.78 is 20.0. The standard InChI is InChI=1S/C26H28FN7O3/c1-25(2,28)17-12-20(16-6-8-18(27)9-7-16)32-21(13-17)26(3,36)15-31-22(35)19-14-34(33-23(19)37-4)24-29-10-5-11-30-24/h5-14,36H,15,28H2,1-4H3,(H,31,35). The summed E-state index contributed by atoms with van der Waals surface area (Å²) in [5, 5.41) is 18.3. The van der Waals surface area contributed by atoms with Crippen LogP contribution in [0.2, 0.25) is 0 Å². The number of carbonyl (C=O) groups excluding carboxylic acids is 1. The van der Waals surface area contributed by atoms with E-state index in [1.54, 1.807) is 42.7 Å². The van der Waals surface area contributed by atoms with Crippen molar-refractivity contribution in [2.45, 2.75) is 31.9 Å². The van der Waals surface area contributed by atoms with Crippen LogP contribution in [0.4, 0.5) is 4.39 Å². The summed E-state index contributed by atoms with van der Waals surface area (Å²) in [6.07, 6.45) is 4.55. The van der Waals surface area contributed by atoms with Gasteiger partial charge in [-0.15, -0.1) is 5.10 Å². The zero-order chi connectivity index (χ0) is 26.8. The van der Waals surface area contributed by atoms with E-state index in [4.69, 9.17) is 10.5 Å². The maximum atomic E-state index is 13.5. The van der Waals surface area contributed by atoms with Gasteiger partial charge in [0.2, 0.25) is 5.88 Å². The molecule has 37 heavy (non-hydrogen) atoms. The normalized spacial score (nSPS) is 13.2. The number of methoxy groups -OCH3 is 1. The lowest BCUT2D eigenvalue weighted by molar-refractivity contribution is 0.0488. The average molecular weight is 506 g/mol. The van der Waals surface area contributed by atoms with Crippen molar-refractivity contribution in [2.24, 2.45) is 5.73 Å². The molecule has 0 radical (unpaired) electrons. The minimum Gasteiger partial charge on any atom is -0.479 e. The Labute approximate surface area is 213 Å². The highest BCUT2D eigenvalue weighted by Gasteiger charge is 2.30. The zero-order valence-corrected chi connectivity index (χ0v) is 20.9. The Morgan fingerprint density at radius 3 is 2.46 bits per heavy atom. The lowest BCUT2D eigenvalue weighted by atomic mass is 9.90. The number of halogens is 1.